The zero-order valence-corrected chi connectivity index (χ0v) is 15.7. The van der Waals surface area contributed by atoms with Crippen molar-refractivity contribution < 1.29 is 45.7 Å². The van der Waals surface area contributed by atoms with Gasteiger partial charge in [0.2, 0.25) is 0 Å². The summed E-state index contributed by atoms with van der Waals surface area (Å²) in [7, 11) is 0. The van der Waals surface area contributed by atoms with Crippen molar-refractivity contribution in [3.05, 3.63) is 53.5 Å². The van der Waals surface area contributed by atoms with Crippen molar-refractivity contribution in [2.75, 3.05) is 18.1 Å². The number of benzene rings is 1. The molecule has 1 saturated heterocycles. The predicted molar refractivity (Wildman–Crippen MR) is 94.7 cm³/mol. The molecule has 12 heteroatoms. The van der Waals surface area contributed by atoms with Gasteiger partial charge in [0.15, 0.2) is 11.6 Å². The van der Waals surface area contributed by atoms with Crippen molar-refractivity contribution in [3.8, 4) is 5.75 Å². The normalized spacial score (nSPS) is 19.1. The lowest BCUT2D eigenvalue weighted by Gasteiger charge is -2.25. The fraction of sp³-hybridized carbons (Fsp3) is 0.368. The summed E-state index contributed by atoms with van der Waals surface area (Å²) in [6, 6.07) is 3.88. The van der Waals surface area contributed by atoms with Gasteiger partial charge in [-0.25, -0.2) is 14.2 Å². The second-order valence-electron chi connectivity index (χ2n) is 6.73. The highest BCUT2D eigenvalue weighted by Gasteiger charge is 2.37. The highest BCUT2D eigenvalue weighted by atomic mass is 19.4. The SMILES string of the molecule is O=C(O)c1cnc(N2C[C@@H](Oc3ccc(C(F)(F)F)cc3)C[C@H]2COC(F)F)c(F)c1. The standard InChI is InChI=1S/C19H16F6N2O4/c20-15-5-10(17(28)29)7-26-16(15)27-8-14(6-12(27)9-30-18(21)22)31-13-3-1-11(2-4-13)19(23,24)25/h1-5,7,12,14,18H,6,8-9H2,(H,28,29)/t12-,14-/m0/s1. The smallest absolute Gasteiger partial charge is 0.416 e. The number of ether oxygens (including phenoxy) is 2. The van der Waals surface area contributed by atoms with E-state index in [0.717, 1.165) is 36.5 Å². The molecule has 6 nitrogen and oxygen atoms in total. The topological polar surface area (TPSA) is 71.9 Å². The third-order valence-electron chi connectivity index (χ3n) is 4.62. The Hall–Kier alpha value is -3.02. The molecule has 2 atom stereocenters. The second-order valence-corrected chi connectivity index (χ2v) is 6.73. The zero-order chi connectivity index (χ0) is 22.8. The van der Waals surface area contributed by atoms with E-state index in [1.807, 2.05) is 0 Å². The molecule has 3 rings (SSSR count). The molecular weight excluding hydrogens is 434 g/mol. The van der Waals surface area contributed by atoms with Crippen molar-refractivity contribution in [2.45, 2.75) is 31.4 Å². The number of nitrogens with zero attached hydrogens (tertiary/aromatic N) is 2. The monoisotopic (exact) mass is 450 g/mol. The van der Waals surface area contributed by atoms with Crippen LogP contribution in [0.2, 0.25) is 0 Å². The first-order valence-corrected chi connectivity index (χ1v) is 8.93. The molecule has 0 amide bonds. The van der Waals surface area contributed by atoms with Crippen LogP contribution in [0.1, 0.15) is 22.3 Å². The molecule has 0 spiro atoms. The number of aromatic carboxylic acids is 1. The molecule has 1 aliphatic heterocycles. The lowest BCUT2D eigenvalue weighted by molar-refractivity contribution is -0.137. The number of pyridine rings is 1. The van der Waals surface area contributed by atoms with E-state index in [-0.39, 0.29) is 24.5 Å². The van der Waals surface area contributed by atoms with E-state index in [1.54, 1.807) is 0 Å². The van der Waals surface area contributed by atoms with Crippen LogP contribution >= 0.6 is 0 Å². The fourth-order valence-electron chi connectivity index (χ4n) is 3.23. The van der Waals surface area contributed by atoms with Gasteiger partial charge in [0.25, 0.3) is 0 Å². The Kier molecular flexibility index (Phi) is 6.58. The minimum absolute atomic E-state index is 0.0331. The van der Waals surface area contributed by atoms with Crippen molar-refractivity contribution in [1.82, 2.24) is 4.98 Å². The maximum atomic E-state index is 14.4. The van der Waals surface area contributed by atoms with E-state index >= 15 is 0 Å². The van der Waals surface area contributed by atoms with E-state index in [0.29, 0.717) is 0 Å². The number of aromatic nitrogens is 1. The van der Waals surface area contributed by atoms with Crippen molar-refractivity contribution in [3.63, 3.8) is 0 Å². The fourth-order valence-corrected chi connectivity index (χ4v) is 3.23. The van der Waals surface area contributed by atoms with Crippen molar-refractivity contribution >= 4 is 11.8 Å². The van der Waals surface area contributed by atoms with Gasteiger partial charge >= 0.3 is 18.8 Å². The third kappa shape index (κ3) is 5.57. The number of hydrogen-bond donors (Lipinski definition) is 1. The maximum Gasteiger partial charge on any atom is 0.416 e. The zero-order valence-electron chi connectivity index (χ0n) is 15.7. The van der Waals surface area contributed by atoms with Gasteiger partial charge in [-0.2, -0.15) is 22.0 Å². The summed E-state index contributed by atoms with van der Waals surface area (Å²) in [6.07, 6.45) is -4.18. The lowest BCUT2D eigenvalue weighted by Crippen LogP contribution is -2.35. The molecule has 168 valence electrons. The molecular formula is C19H16F6N2O4. The van der Waals surface area contributed by atoms with E-state index in [9.17, 15) is 31.1 Å². The molecule has 1 fully saturated rings. The van der Waals surface area contributed by atoms with Gasteiger partial charge in [0, 0.05) is 12.6 Å². The van der Waals surface area contributed by atoms with Crippen LogP contribution in [0.3, 0.4) is 0 Å². The summed E-state index contributed by atoms with van der Waals surface area (Å²) in [6.45, 7) is -3.59. The lowest BCUT2D eigenvalue weighted by atomic mass is 10.2. The van der Waals surface area contributed by atoms with Gasteiger partial charge in [-0.15, -0.1) is 0 Å². The van der Waals surface area contributed by atoms with Gasteiger partial charge in [-0.05, 0) is 30.3 Å². The largest absolute Gasteiger partial charge is 0.489 e. The Bertz CT molecular complexity index is 923. The summed E-state index contributed by atoms with van der Waals surface area (Å²) in [4.78, 5) is 16.0. The molecule has 0 radical (unpaired) electrons. The summed E-state index contributed by atoms with van der Waals surface area (Å²) in [5.74, 6) is -2.52. The van der Waals surface area contributed by atoms with Crippen LogP contribution in [-0.4, -0.2) is 48.0 Å². The Morgan fingerprint density at radius 3 is 2.48 bits per heavy atom. The third-order valence-corrected chi connectivity index (χ3v) is 4.62. The van der Waals surface area contributed by atoms with Gasteiger partial charge in [0.05, 0.1) is 30.3 Å². The number of carbonyl (C=O) groups is 1. The average molecular weight is 450 g/mol. The molecule has 0 saturated carbocycles. The first-order valence-electron chi connectivity index (χ1n) is 8.93. The van der Waals surface area contributed by atoms with E-state index in [4.69, 9.17) is 9.84 Å². The summed E-state index contributed by atoms with van der Waals surface area (Å²) < 4.78 is 87.4. The van der Waals surface area contributed by atoms with Crippen LogP contribution in [0.15, 0.2) is 36.5 Å². The van der Waals surface area contributed by atoms with Crippen molar-refractivity contribution in [1.29, 1.82) is 0 Å². The molecule has 1 aliphatic rings. The van der Waals surface area contributed by atoms with Gasteiger partial charge in [-0.1, -0.05) is 0 Å². The highest BCUT2D eigenvalue weighted by molar-refractivity contribution is 5.87. The number of alkyl halides is 5. The van der Waals surface area contributed by atoms with Gasteiger partial charge in [-0.3, -0.25) is 0 Å². The summed E-state index contributed by atoms with van der Waals surface area (Å²) in [5.41, 5.74) is -1.25. The van der Waals surface area contributed by atoms with Gasteiger partial charge in [0.1, 0.15) is 11.9 Å². The van der Waals surface area contributed by atoms with E-state index in [1.165, 1.54) is 4.90 Å². The Balaban J connectivity index is 1.78. The Labute approximate surface area is 172 Å². The molecule has 0 bridgehead atoms. The number of hydrogen-bond acceptors (Lipinski definition) is 5. The molecule has 1 N–H and O–H groups in total. The highest BCUT2D eigenvalue weighted by Crippen LogP contribution is 2.32. The molecule has 2 aromatic rings. The molecule has 2 heterocycles. The van der Waals surface area contributed by atoms with Crippen LogP contribution in [0.5, 0.6) is 5.75 Å². The van der Waals surface area contributed by atoms with Gasteiger partial charge < -0.3 is 19.5 Å². The maximum absolute atomic E-state index is 14.4. The molecule has 0 aliphatic carbocycles. The number of rotatable bonds is 7. The number of carboxylic acid groups (broad SMARTS) is 1. The first-order chi connectivity index (χ1) is 14.5. The van der Waals surface area contributed by atoms with E-state index in [2.05, 4.69) is 9.72 Å². The number of carboxylic acids is 1. The summed E-state index contributed by atoms with van der Waals surface area (Å²) >= 11 is 0. The Morgan fingerprint density at radius 2 is 1.94 bits per heavy atom. The van der Waals surface area contributed by atoms with Crippen LogP contribution < -0.4 is 9.64 Å². The number of halogens is 6. The minimum Gasteiger partial charge on any atom is -0.489 e. The first kappa shape index (κ1) is 22.7. The predicted octanol–water partition coefficient (Wildman–Crippen LogP) is 4.20. The molecule has 1 aromatic heterocycles. The quantitative estimate of drug-likeness (QED) is 0.638. The Morgan fingerprint density at radius 1 is 1.26 bits per heavy atom. The van der Waals surface area contributed by atoms with Crippen LogP contribution in [0.25, 0.3) is 0 Å². The van der Waals surface area contributed by atoms with E-state index < -0.39 is 54.5 Å². The average Bonchev–Trinajstić information content (AvgIpc) is 3.08. The van der Waals surface area contributed by atoms with Crippen LogP contribution in [0, 0.1) is 5.82 Å². The molecule has 1 aromatic carbocycles. The number of anilines is 1. The second kappa shape index (κ2) is 9.00. The van der Waals surface area contributed by atoms with Crippen molar-refractivity contribution in [2.24, 2.45) is 0 Å². The minimum atomic E-state index is -4.51. The molecule has 31 heavy (non-hydrogen) atoms. The van der Waals surface area contributed by atoms with Crippen LogP contribution in [-0.2, 0) is 10.9 Å². The van der Waals surface area contributed by atoms with Crippen LogP contribution in [0.4, 0.5) is 32.2 Å². The molecule has 0 unspecified atom stereocenters. The summed E-state index contributed by atoms with van der Waals surface area (Å²) in [5, 5.41) is 8.92.